The monoisotopic (exact) mass is 181 g/mol. The standard InChI is InChI=1S/C9H12FN3/c10-4-5-11-9-6-7-2-1-3-8(7)12-13-9/h6H,1-5H2,(H,11,13). The summed E-state index contributed by atoms with van der Waals surface area (Å²) in [4.78, 5) is 0. The van der Waals surface area contributed by atoms with Crippen LogP contribution in [-0.2, 0) is 12.8 Å². The van der Waals surface area contributed by atoms with E-state index in [9.17, 15) is 4.39 Å². The number of nitrogens with zero attached hydrogens (tertiary/aromatic N) is 2. The molecule has 3 nitrogen and oxygen atoms in total. The Balaban J connectivity index is 2.12. The fourth-order valence-corrected chi connectivity index (χ4v) is 1.59. The van der Waals surface area contributed by atoms with Gasteiger partial charge in [-0.1, -0.05) is 0 Å². The van der Waals surface area contributed by atoms with Crippen molar-refractivity contribution in [3.8, 4) is 0 Å². The zero-order chi connectivity index (χ0) is 9.10. The lowest BCUT2D eigenvalue weighted by molar-refractivity contribution is 0.512. The molecule has 1 aromatic heterocycles. The van der Waals surface area contributed by atoms with Gasteiger partial charge in [0.2, 0.25) is 0 Å². The summed E-state index contributed by atoms with van der Waals surface area (Å²) >= 11 is 0. The number of aryl methyl sites for hydroxylation is 2. The maximum Gasteiger partial charge on any atom is 0.149 e. The van der Waals surface area contributed by atoms with Gasteiger partial charge in [0.05, 0.1) is 5.69 Å². The van der Waals surface area contributed by atoms with Gasteiger partial charge in [0, 0.05) is 6.54 Å². The van der Waals surface area contributed by atoms with Gasteiger partial charge in [-0.15, -0.1) is 5.10 Å². The first-order valence-corrected chi connectivity index (χ1v) is 4.55. The molecule has 0 saturated heterocycles. The summed E-state index contributed by atoms with van der Waals surface area (Å²) in [5.74, 6) is 0.693. The summed E-state index contributed by atoms with van der Waals surface area (Å²) in [5, 5.41) is 10.9. The highest BCUT2D eigenvalue weighted by atomic mass is 19.1. The summed E-state index contributed by atoms with van der Waals surface area (Å²) in [5.41, 5.74) is 2.36. The van der Waals surface area contributed by atoms with Crippen molar-refractivity contribution in [3.05, 3.63) is 17.3 Å². The zero-order valence-electron chi connectivity index (χ0n) is 7.39. The molecule has 0 fully saturated rings. The molecule has 0 atom stereocenters. The summed E-state index contributed by atoms with van der Waals surface area (Å²) in [6.45, 7) is -0.0633. The van der Waals surface area contributed by atoms with Gasteiger partial charge in [0.15, 0.2) is 0 Å². The zero-order valence-corrected chi connectivity index (χ0v) is 7.39. The number of hydrogen-bond donors (Lipinski definition) is 1. The molecule has 2 rings (SSSR count). The first-order chi connectivity index (χ1) is 6.40. The van der Waals surface area contributed by atoms with Crippen LogP contribution in [0.25, 0.3) is 0 Å². The average Bonchev–Trinajstić information content (AvgIpc) is 2.61. The molecule has 1 heterocycles. The Hall–Kier alpha value is -1.19. The molecule has 0 amide bonds. The van der Waals surface area contributed by atoms with Crippen LogP contribution in [0, 0.1) is 0 Å². The minimum atomic E-state index is -0.376. The van der Waals surface area contributed by atoms with Crippen molar-refractivity contribution in [2.75, 3.05) is 18.5 Å². The fourth-order valence-electron chi connectivity index (χ4n) is 1.59. The highest BCUT2D eigenvalue weighted by Crippen LogP contribution is 2.20. The van der Waals surface area contributed by atoms with E-state index in [0.717, 1.165) is 25.0 Å². The molecule has 1 aromatic rings. The van der Waals surface area contributed by atoms with Crippen molar-refractivity contribution in [1.82, 2.24) is 10.2 Å². The number of alkyl halides is 1. The Kier molecular flexibility index (Phi) is 2.38. The minimum absolute atomic E-state index is 0.313. The summed E-state index contributed by atoms with van der Waals surface area (Å²) in [6, 6.07) is 1.98. The van der Waals surface area contributed by atoms with Gasteiger partial charge in [-0.3, -0.25) is 0 Å². The van der Waals surface area contributed by atoms with E-state index in [2.05, 4.69) is 15.5 Å². The summed E-state index contributed by atoms with van der Waals surface area (Å²) < 4.78 is 11.8. The van der Waals surface area contributed by atoms with Crippen LogP contribution >= 0.6 is 0 Å². The van der Waals surface area contributed by atoms with Gasteiger partial charge in [-0.25, -0.2) is 4.39 Å². The molecule has 13 heavy (non-hydrogen) atoms. The van der Waals surface area contributed by atoms with Crippen LogP contribution < -0.4 is 5.32 Å². The minimum Gasteiger partial charge on any atom is -0.366 e. The van der Waals surface area contributed by atoms with Crippen LogP contribution in [0.15, 0.2) is 6.07 Å². The molecule has 0 unspecified atom stereocenters. The number of hydrogen-bond acceptors (Lipinski definition) is 3. The number of rotatable bonds is 3. The van der Waals surface area contributed by atoms with E-state index < -0.39 is 0 Å². The van der Waals surface area contributed by atoms with Crippen LogP contribution in [0.2, 0.25) is 0 Å². The quantitative estimate of drug-likeness (QED) is 0.764. The van der Waals surface area contributed by atoms with Crippen LogP contribution in [0.3, 0.4) is 0 Å². The molecule has 1 aliphatic rings. The van der Waals surface area contributed by atoms with E-state index >= 15 is 0 Å². The lowest BCUT2D eigenvalue weighted by atomic mass is 10.2. The van der Waals surface area contributed by atoms with Gasteiger partial charge in [-0.2, -0.15) is 5.10 Å². The number of nitrogens with one attached hydrogen (secondary N) is 1. The Morgan fingerprint density at radius 3 is 3.15 bits per heavy atom. The van der Waals surface area contributed by atoms with Crippen LogP contribution in [0.5, 0.6) is 0 Å². The topological polar surface area (TPSA) is 37.8 Å². The molecular weight excluding hydrogens is 169 g/mol. The van der Waals surface area contributed by atoms with E-state index in [1.165, 1.54) is 5.56 Å². The van der Waals surface area contributed by atoms with Crippen molar-refractivity contribution in [2.45, 2.75) is 19.3 Å². The van der Waals surface area contributed by atoms with Gasteiger partial charge in [-0.05, 0) is 30.9 Å². The summed E-state index contributed by atoms with van der Waals surface area (Å²) in [7, 11) is 0. The lowest BCUT2D eigenvalue weighted by Crippen LogP contribution is -2.06. The molecule has 0 radical (unpaired) electrons. The number of aromatic nitrogens is 2. The van der Waals surface area contributed by atoms with Crippen molar-refractivity contribution >= 4 is 5.82 Å². The van der Waals surface area contributed by atoms with Crippen LogP contribution in [-0.4, -0.2) is 23.4 Å². The first kappa shape index (κ1) is 8.41. The molecule has 4 heteroatoms. The SMILES string of the molecule is FCCNc1cc2c(nn1)CCC2. The number of halogens is 1. The molecule has 1 N–H and O–H groups in total. The van der Waals surface area contributed by atoms with Gasteiger partial charge >= 0.3 is 0 Å². The molecule has 0 aromatic carbocycles. The second-order valence-corrected chi connectivity index (χ2v) is 3.17. The molecule has 0 bridgehead atoms. The number of anilines is 1. The Morgan fingerprint density at radius 1 is 1.38 bits per heavy atom. The number of fused-ring (bicyclic) bond motifs is 1. The molecule has 0 aliphatic heterocycles. The predicted molar refractivity (Wildman–Crippen MR) is 48.5 cm³/mol. The third kappa shape index (κ3) is 1.76. The second-order valence-electron chi connectivity index (χ2n) is 3.17. The third-order valence-electron chi connectivity index (χ3n) is 2.22. The van der Waals surface area contributed by atoms with Gasteiger partial charge in [0.1, 0.15) is 12.5 Å². The second kappa shape index (κ2) is 3.68. The third-order valence-corrected chi connectivity index (χ3v) is 2.22. The molecule has 0 spiro atoms. The van der Waals surface area contributed by atoms with E-state index in [4.69, 9.17) is 0 Å². The Labute approximate surface area is 76.4 Å². The maximum absolute atomic E-state index is 11.8. The van der Waals surface area contributed by atoms with E-state index in [1.54, 1.807) is 0 Å². The Morgan fingerprint density at radius 2 is 2.31 bits per heavy atom. The van der Waals surface area contributed by atoms with E-state index in [1.807, 2.05) is 6.07 Å². The van der Waals surface area contributed by atoms with E-state index in [-0.39, 0.29) is 6.67 Å². The summed E-state index contributed by atoms with van der Waals surface area (Å²) in [6.07, 6.45) is 3.28. The fraction of sp³-hybridized carbons (Fsp3) is 0.556. The van der Waals surface area contributed by atoms with Crippen LogP contribution in [0.4, 0.5) is 10.2 Å². The normalized spacial score (nSPS) is 14.2. The highest BCUT2D eigenvalue weighted by molar-refractivity contribution is 5.39. The average molecular weight is 181 g/mol. The predicted octanol–water partition coefficient (Wildman–Crippen LogP) is 1.35. The van der Waals surface area contributed by atoms with Crippen molar-refractivity contribution in [1.29, 1.82) is 0 Å². The van der Waals surface area contributed by atoms with Gasteiger partial charge < -0.3 is 5.32 Å². The smallest absolute Gasteiger partial charge is 0.149 e. The van der Waals surface area contributed by atoms with Crippen molar-refractivity contribution in [2.24, 2.45) is 0 Å². The first-order valence-electron chi connectivity index (χ1n) is 4.55. The Bertz CT molecular complexity index is 301. The molecule has 0 saturated carbocycles. The molecular formula is C9H12FN3. The lowest BCUT2D eigenvalue weighted by Gasteiger charge is -2.03. The van der Waals surface area contributed by atoms with Gasteiger partial charge in [0.25, 0.3) is 0 Å². The highest BCUT2D eigenvalue weighted by Gasteiger charge is 2.12. The molecule has 70 valence electrons. The largest absolute Gasteiger partial charge is 0.366 e. The van der Waals surface area contributed by atoms with E-state index in [0.29, 0.717) is 12.4 Å². The van der Waals surface area contributed by atoms with Crippen molar-refractivity contribution < 1.29 is 4.39 Å². The van der Waals surface area contributed by atoms with Crippen molar-refractivity contribution in [3.63, 3.8) is 0 Å². The van der Waals surface area contributed by atoms with Crippen LogP contribution in [0.1, 0.15) is 17.7 Å². The molecule has 1 aliphatic carbocycles. The maximum atomic E-state index is 11.8.